The molecule has 0 bridgehead atoms. The van der Waals surface area contributed by atoms with Crippen LogP contribution in [0.15, 0.2) is 30.6 Å². The van der Waals surface area contributed by atoms with E-state index >= 15 is 0 Å². The molecule has 1 unspecified atom stereocenters. The number of fused-ring (bicyclic) bond motifs is 1. The van der Waals surface area contributed by atoms with Gasteiger partial charge in [0.25, 0.3) is 0 Å². The Balaban J connectivity index is 1.70. The molecule has 0 radical (unpaired) electrons. The fourth-order valence-electron chi connectivity index (χ4n) is 3.20. The summed E-state index contributed by atoms with van der Waals surface area (Å²) >= 11 is 1.47. The Kier molecular flexibility index (Phi) is 5.05. The molecule has 1 N–H and O–H groups in total. The van der Waals surface area contributed by atoms with E-state index in [-0.39, 0.29) is 11.9 Å². The third kappa shape index (κ3) is 3.27. The van der Waals surface area contributed by atoms with Gasteiger partial charge in [-0.15, -0.1) is 0 Å². The molecule has 138 valence electrons. The monoisotopic (exact) mass is 374 g/mol. The van der Waals surface area contributed by atoms with Gasteiger partial charge in [-0.2, -0.15) is 9.61 Å². The topological polar surface area (TPSA) is 72.1 Å². The standard InChI is InChI=1S/C18H22N4O3S/c1-2-9-25-14-5-3-13(4-6-14)15(21-7-10-24-11-8-21)16-17(23)22-18(26-16)19-12-20-22/h3-6,12,15,23H,2,7-11H2,1H3. The molecule has 1 fully saturated rings. The van der Waals surface area contributed by atoms with E-state index in [4.69, 9.17) is 9.47 Å². The highest BCUT2D eigenvalue weighted by Crippen LogP contribution is 2.40. The van der Waals surface area contributed by atoms with E-state index in [0.717, 1.165) is 35.7 Å². The Bertz CT molecular complexity index is 855. The van der Waals surface area contributed by atoms with Crippen LogP contribution in [0.1, 0.15) is 29.8 Å². The van der Waals surface area contributed by atoms with E-state index in [1.165, 1.54) is 22.2 Å². The number of morpholine rings is 1. The van der Waals surface area contributed by atoms with Crippen LogP contribution in [-0.4, -0.2) is 57.5 Å². The molecule has 1 aliphatic heterocycles. The Labute approximate surface area is 155 Å². The second-order valence-corrected chi connectivity index (χ2v) is 7.22. The van der Waals surface area contributed by atoms with Gasteiger partial charge in [0.05, 0.1) is 30.7 Å². The zero-order valence-corrected chi connectivity index (χ0v) is 15.5. The van der Waals surface area contributed by atoms with Crippen molar-refractivity contribution in [3.63, 3.8) is 0 Å². The summed E-state index contributed by atoms with van der Waals surface area (Å²) in [4.78, 5) is 8.09. The summed E-state index contributed by atoms with van der Waals surface area (Å²) in [7, 11) is 0. The zero-order chi connectivity index (χ0) is 17.9. The normalized spacial score (nSPS) is 16.8. The average molecular weight is 374 g/mol. The molecule has 1 atom stereocenters. The second kappa shape index (κ2) is 7.61. The van der Waals surface area contributed by atoms with Crippen LogP contribution < -0.4 is 4.74 Å². The quantitative estimate of drug-likeness (QED) is 0.715. The molecular weight excluding hydrogens is 352 g/mol. The van der Waals surface area contributed by atoms with Crippen LogP contribution in [0.5, 0.6) is 11.6 Å². The molecule has 26 heavy (non-hydrogen) atoms. The fourth-order valence-corrected chi connectivity index (χ4v) is 4.29. The molecule has 0 amide bonds. The lowest BCUT2D eigenvalue weighted by Gasteiger charge is -2.34. The fraction of sp³-hybridized carbons (Fsp3) is 0.444. The van der Waals surface area contributed by atoms with Crippen molar-refractivity contribution in [1.29, 1.82) is 0 Å². The van der Waals surface area contributed by atoms with E-state index in [2.05, 4.69) is 34.0 Å². The highest BCUT2D eigenvalue weighted by molar-refractivity contribution is 7.17. The van der Waals surface area contributed by atoms with Crippen molar-refractivity contribution >= 4 is 16.3 Å². The van der Waals surface area contributed by atoms with Crippen molar-refractivity contribution in [2.24, 2.45) is 0 Å². The van der Waals surface area contributed by atoms with Gasteiger partial charge in [0.1, 0.15) is 12.1 Å². The molecule has 1 aliphatic rings. The molecule has 4 rings (SSSR count). The largest absolute Gasteiger partial charge is 0.494 e. The predicted octanol–water partition coefficient (Wildman–Crippen LogP) is 2.71. The van der Waals surface area contributed by atoms with Crippen LogP contribution in [0, 0.1) is 0 Å². The molecule has 3 heterocycles. The van der Waals surface area contributed by atoms with E-state index < -0.39 is 0 Å². The molecule has 7 nitrogen and oxygen atoms in total. The molecule has 1 saturated heterocycles. The van der Waals surface area contributed by atoms with E-state index in [9.17, 15) is 5.11 Å². The van der Waals surface area contributed by atoms with E-state index in [1.807, 2.05) is 12.1 Å². The van der Waals surface area contributed by atoms with Gasteiger partial charge >= 0.3 is 0 Å². The van der Waals surface area contributed by atoms with Gasteiger partial charge in [0.2, 0.25) is 10.8 Å². The lowest BCUT2D eigenvalue weighted by atomic mass is 10.0. The van der Waals surface area contributed by atoms with Crippen LogP contribution in [0.4, 0.5) is 0 Å². The SMILES string of the molecule is CCCOc1ccc(C(c2sc3ncnn3c2O)N2CCOCC2)cc1. The van der Waals surface area contributed by atoms with Crippen molar-refractivity contribution in [3.8, 4) is 11.6 Å². The summed E-state index contributed by atoms with van der Waals surface area (Å²) in [5.74, 6) is 1.02. The van der Waals surface area contributed by atoms with Gasteiger partial charge in [-0.25, -0.2) is 4.98 Å². The lowest BCUT2D eigenvalue weighted by molar-refractivity contribution is 0.0241. The minimum Gasteiger partial charge on any atom is -0.494 e. The first kappa shape index (κ1) is 17.3. The first-order valence-electron chi connectivity index (χ1n) is 8.84. The molecular formula is C18H22N4O3S. The second-order valence-electron chi connectivity index (χ2n) is 6.21. The van der Waals surface area contributed by atoms with Crippen LogP contribution in [0.25, 0.3) is 4.96 Å². The number of hydrogen-bond acceptors (Lipinski definition) is 7. The number of nitrogens with zero attached hydrogens (tertiary/aromatic N) is 4. The molecule has 1 aromatic carbocycles. The number of hydrogen-bond donors (Lipinski definition) is 1. The Hall–Kier alpha value is -2.16. The smallest absolute Gasteiger partial charge is 0.230 e. The van der Waals surface area contributed by atoms with Crippen LogP contribution in [-0.2, 0) is 4.74 Å². The number of benzene rings is 1. The molecule has 8 heteroatoms. The summed E-state index contributed by atoms with van der Waals surface area (Å²) in [6.07, 6.45) is 2.44. The number of aromatic hydroxyl groups is 1. The third-order valence-electron chi connectivity index (χ3n) is 4.47. The first-order chi connectivity index (χ1) is 12.8. The maximum Gasteiger partial charge on any atom is 0.230 e. The minimum absolute atomic E-state index is 0.0624. The molecule has 0 spiro atoms. The summed E-state index contributed by atoms with van der Waals surface area (Å²) in [6.45, 7) is 5.80. The Morgan fingerprint density at radius 2 is 2.04 bits per heavy atom. The summed E-state index contributed by atoms with van der Waals surface area (Å²) in [5.41, 5.74) is 1.11. The average Bonchev–Trinajstić information content (AvgIpc) is 3.26. The van der Waals surface area contributed by atoms with Crippen molar-refractivity contribution < 1.29 is 14.6 Å². The number of aromatic nitrogens is 3. The molecule has 0 saturated carbocycles. The molecule has 3 aromatic rings. The van der Waals surface area contributed by atoms with E-state index in [0.29, 0.717) is 24.8 Å². The van der Waals surface area contributed by atoms with Crippen molar-refractivity contribution in [3.05, 3.63) is 41.0 Å². The third-order valence-corrected chi connectivity index (χ3v) is 5.55. The van der Waals surface area contributed by atoms with Gasteiger partial charge < -0.3 is 14.6 Å². The van der Waals surface area contributed by atoms with Crippen molar-refractivity contribution in [2.75, 3.05) is 32.9 Å². The number of ether oxygens (including phenoxy) is 2. The zero-order valence-electron chi connectivity index (χ0n) is 14.7. The van der Waals surface area contributed by atoms with Gasteiger partial charge in [-0.3, -0.25) is 4.90 Å². The maximum atomic E-state index is 10.7. The molecule has 0 aliphatic carbocycles. The number of thiazole rings is 1. The summed E-state index contributed by atoms with van der Waals surface area (Å²) in [6, 6.07) is 8.06. The predicted molar refractivity (Wildman–Crippen MR) is 99.0 cm³/mol. The van der Waals surface area contributed by atoms with Crippen molar-refractivity contribution in [2.45, 2.75) is 19.4 Å². The van der Waals surface area contributed by atoms with Crippen LogP contribution in [0.2, 0.25) is 0 Å². The highest BCUT2D eigenvalue weighted by Gasteiger charge is 2.30. The van der Waals surface area contributed by atoms with Gasteiger partial charge in [0.15, 0.2) is 0 Å². The van der Waals surface area contributed by atoms with Gasteiger partial charge in [-0.05, 0) is 24.1 Å². The van der Waals surface area contributed by atoms with Gasteiger partial charge in [0, 0.05) is 13.1 Å². The number of rotatable bonds is 6. The summed E-state index contributed by atoms with van der Waals surface area (Å²) in [5, 5.41) is 14.8. The highest BCUT2D eigenvalue weighted by atomic mass is 32.1. The minimum atomic E-state index is -0.0624. The Morgan fingerprint density at radius 1 is 1.27 bits per heavy atom. The summed E-state index contributed by atoms with van der Waals surface area (Å²) < 4.78 is 12.7. The maximum absolute atomic E-state index is 10.7. The first-order valence-corrected chi connectivity index (χ1v) is 9.65. The molecule has 2 aromatic heterocycles. The van der Waals surface area contributed by atoms with E-state index in [1.54, 1.807) is 0 Å². The van der Waals surface area contributed by atoms with Crippen LogP contribution >= 0.6 is 11.3 Å². The van der Waals surface area contributed by atoms with Crippen molar-refractivity contribution in [1.82, 2.24) is 19.5 Å². The van der Waals surface area contributed by atoms with Crippen LogP contribution in [0.3, 0.4) is 0 Å². The lowest BCUT2D eigenvalue weighted by Crippen LogP contribution is -2.39. The Morgan fingerprint density at radius 3 is 2.73 bits per heavy atom. The van der Waals surface area contributed by atoms with Gasteiger partial charge in [-0.1, -0.05) is 30.4 Å².